The van der Waals surface area contributed by atoms with Crippen molar-refractivity contribution in [2.45, 2.75) is 25.8 Å². The van der Waals surface area contributed by atoms with Crippen molar-refractivity contribution in [3.63, 3.8) is 0 Å². The van der Waals surface area contributed by atoms with Crippen LogP contribution < -0.4 is 0 Å². The number of methoxy groups -OCH3 is 1. The summed E-state index contributed by atoms with van der Waals surface area (Å²) in [6.45, 7) is 3.65. The van der Waals surface area contributed by atoms with Gasteiger partial charge in [0.05, 0.1) is 7.11 Å². The molecule has 0 aromatic carbocycles. The fourth-order valence-corrected chi connectivity index (χ4v) is 2.71. The quantitative estimate of drug-likeness (QED) is 0.481. The van der Waals surface area contributed by atoms with Crippen molar-refractivity contribution in [1.29, 1.82) is 0 Å². The first-order valence-electron chi connectivity index (χ1n) is 7.37. The highest BCUT2D eigenvalue weighted by molar-refractivity contribution is 6.04. The topological polar surface area (TPSA) is 87.2 Å². The summed E-state index contributed by atoms with van der Waals surface area (Å²) in [4.78, 5) is 51.3. The molecule has 0 aromatic rings. The Kier molecular flexibility index (Phi) is 5.12. The van der Waals surface area contributed by atoms with E-state index in [2.05, 4.69) is 0 Å². The van der Waals surface area contributed by atoms with E-state index in [-0.39, 0.29) is 49.1 Å². The van der Waals surface area contributed by atoms with Crippen LogP contribution in [0.25, 0.3) is 0 Å². The van der Waals surface area contributed by atoms with Crippen LogP contribution in [-0.2, 0) is 23.9 Å². The van der Waals surface area contributed by atoms with Crippen LogP contribution in [0.2, 0.25) is 0 Å². The molecule has 1 atom stereocenters. The standard InChI is InChI=1S/C14H21N3O5/c1-10(14(21)22-2)15-5-7-16(8-6-15)13(20)9-17-11(18)3-4-12(17)19/h10H,3-9H2,1-2H3/t10-/m1/s1. The zero-order valence-corrected chi connectivity index (χ0v) is 12.9. The van der Waals surface area contributed by atoms with Crippen molar-refractivity contribution >= 4 is 23.7 Å². The van der Waals surface area contributed by atoms with Gasteiger partial charge in [-0.3, -0.25) is 29.0 Å². The molecule has 0 saturated carbocycles. The monoisotopic (exact) mass is 311 g/mol. The maximum atomic E-state index is 12.2. The SMILES string of the molecule is COC(=O)[C@@H](C)N1CCN(C(=O)CN2C(=O)CCC2=O)CC1. The molecule has 0 aliphatic carbocycles. The Morgan fingerprint density at radius 3 is 2.14 bits per heavy atom. The molecule has 0 spiro atoms. The summed E-state index contributed by atoms with van der Waals surface area (Å²) in [5.41, 5.74) is 0. The summed E-state index contributed by atoms with van der Waals surface area (Å²) in [6.07, 6.45) is 0.382. The number of esters is 1. The molecule has 2 fully saturated rings. The van der Waals surface area contributed by atoms with E-state index >= 15 is 0 Å². The third-order valence-corrected chi connectivity index (χ3v) is 4.21. The van der Waals surface area contributed by atoms with E-state index in [0.29, 0.717) is 26.2 Å². The molecule has 3 amide bonds. The molecule has 2 aliphatic rings. The minimum Gasteiger partial charge on any atom is -0.468 e. The molecule has 2 saturated heterocycles. The fourth-order valence-electron chi connectivity index (χ4n) is 2.71. The number of hydrogen-bond donors (Lipinski definition) is 0. The van der Waals surface area contributed by atoms with Crippen LogP contribution in [0.3, 0.4) is 0 Å². The average Bonchev–Trinajstić information content (AvgIpc) is 2.85. The molecule has 122 valence electrons. The van der Waals surface area contributed by atoms with Crippen LogP contribution in [0.1, 0.15) is 19.8 Å². The van der Waals surface area contributed by atoms with Gasteiger partial charge in [0.25, 0.3) is 0 Å². The normalized spacial score (nSPS) is 21.2. The first-order valence-corrected chi connectivity index (χ1v) is 7.37. The molecule has 2 heterocycles. The Balaban J connectivity index is 1.83. The summed E-state index contributed by atoms with van der Waals surface area (Å²) >= 11 is 0. The lowest BCUT2D eigenvalue weighted by molar-refractivity contribution is -0.149. The van der Waals surface area contributed by atoms with E-state index in [1.807, 2.05) is 4.90 Å². The zero-order valence-electron chi connectivity index (χ0n) is 12.9. The van der Waals surface area contributed by atoms with Crippen LogP contribution in [-0.4, -0.2) is 84.3 Å². The van der Waals surface area contributed by atoms with Gasteiger partial charge in [-0.2, -0.15) is 0 Å². The molecule has 0 aromatic heterocycles. The highest BCUT2D eigenvalue weighted by Crippen LogP contribution is 2.13. The number of ether oxygens (including phenoxy) is 1. The lowest BCUT2D eigenvalue weighted by Gasteiger charge is -2.37. The average molecular weight is 311 g/mol. The van der Waals surface area contributed by atoms with Crippen molar-refractivity contribution in [1.82, 2.24) is 14.7 Å². The summed E-state index contributed by atoms with van der Waals surface area (Å²) < 4.78 is 4.71. The maximum absolute atomic E-state index is 12.2. The van der Waals surface area contributed by atoms with Gasteiger partial charge in [0.15, 0.2) is 0 Å². The second-order valence-electron chi connectivity index (χ2n) is 5.49. The van der Waals surface area contributed by atoms with Crippen molar-refractivity contribution in [3.05, 3.63) is 0 Å². The Bertz CT molecular complexity index is 469. The van der Waals surface area contributed by atoms with Gasteiger partial charge in [-0.1, -0.05) is 0 Å². The van der Waals surface area contributed by atoms with Gasteiger partial charge in [0, 0.05) is 39.0 Å². The van der Waals surface area contributed by atoms with Crippen molar-refractivity contribution in [2.24, 2.45) is 0 Å². The highest BCUT2D eigenvalue weighted by atomic mass is 16.5. The van der Waals surface area contributed by atoms with Crippen LogP contribution in [0.15, 0.2) is 0 Å². The number of piperazine rings is 1. The third kappa shape index (κ3) is 3.44. The molecule has 0 unspecified atom stereocenters. The second kappa shape index (κ2) is 6.87. The number of amides is 3. The fraction of sp³-hybridized carbons (Fsp3) is 0.714. The summed E-state index contributed by atoms with van der Waals surface area (Å²) in [7, 11) is 1.35. The van der Waals surface area contributed by atoms with Gasteiger partial charge < -0.3 is 9.64 Å². The predicted molar refractivity (Wildman–Crippen MR) is 75.6 cm³/mol. The molecule has 0 bridgehead atoms. The van der Waals surface area contributed by atoms with Gasteiger partial charge in [0.1, 0.15) is 12.6 Å². The van der Waals surface area contributed by atoms with Crippen molar-refractivity contribution in [3.8, 4) is 0 Å². The first-order chi connectivity index (χ1) is 10.4. The molecular weight excluding hydrogens is 290 g/mol. The molecule has 0 N–H and O–H groups in total. The number of nitrogens with zero attached hydrogens (tertiary/aromatic N) is 3. The Morgan fingerprint density at radius 2 is 1.64 bits per heavy atom. The van der Waals surface area contributed by atoms with Gasteiger partial charge in [-0.15, -0.1) is 0 Å². The van der Waals surface area contributed by atoms with Gasteiger partial charge in [0.2, 0.25) is 17.7 Å². The van der Waals surface area contributed by atoms with E-state index in [1.165, 1.54) is 7.11 Å². The molecule has 0 radical (unpaired) electrons. The van der Waals surface area contributed by atoms with E-state index in [0.717, 1.165) is 4.90 Å². The molecule has 22 heavy (non-hydrogen) atoms. The largest absolute Gasteiger partial charge is 0.468 e. The molecule has 8 heteroatoms. The Labute approximate surface area is 129 Å². The lowest BCUT2D eigenvalue weighted by atomic mass is 10.2. The molecular formula is C14H21N3O5. The summed E-state index contributed by atoms with van der Waals surface area (Å²) in [5.74, 6) is -1.09. The minimum absolute atomic E-state index is 0.176. The smallest absolute Gasteiger partial charge is 0.322 e. The highest BCUT2D eigenvalue weighted by Gasteiger charge is 2.33. The Hall–Kier alpha value is -1.96. The van der Waals surface area contributed by atoms with Crippen LogP contribution in [0.5, 0.6) is 0 Å². The number of carbonyl (C=O) groups is 4. The maximum Gasteiger partial charge on any atom is 0.322 e. The Morgan fingerprint density at radius 1 is 1.09 bits per heavy atom. The van der Waals surface area contributed by atoms with Gasteiger partial charge >= 0.3 is 5.97 Å². The van der Waals surface area contributed by atoms with Crippen LogP contribution >= 0.6 is 0 Å². The number of hydrogen-bond acceptors (Lipinski definition) is 6. The van der Waals surface area contributed by atoms with E-state index in [9.17, 15) is 19.2 Å². The van der Waals surface area contributed by atoms with E-state index in [1.54, 1.807) is 11.8 Å². The number of likely N-dealkylation sites (tertiary alicyclic amines) is 1. The molecule has 2 rings (SSSR count). The van der Waals surface area contributed by atoms with Gasteiger partial charge in [-0.25, -0.2) is 0 Å². The zero-order chi connectivity index (χ0) is 16.3. The van der Waals surface area contributed by atoms with Crippen molar-refractivity contribution < 1.29 is 23.9 Å². The lowest BCUT2D eigenvalue weighted by Crippen LogP contribution is -2.55. The second-order valence-corrected chi connectivity index (χ2v) is 5.49. The minimum atomic E-state index is -0.344. The number of rotatable bonds is 4. The van der Waals surface area contributed by atoms with Crippen LogP contribution in [0.4, 0.5) is 0 Å². The van der Waals surface area contributed by atoms with E-state index in [4.69, 9.17) is 4.74 Å². The summed E-state index contributed by atoms with van der Waals surface area (Å²) in [6, 6.07) is -0.344. The first kappa shape index (κ1) is 16.4. The molecule has 2 aliphatic heterocycles. The third-order valence-electron chi connectivity index (χ3n) is 4.21. The summed E-state index contributed by atoms with van der Waals surface area (Å²) in [5, 5.41) is 0. The van der Waals surface area contributed by atoms with E-state index < -0.39 is 0 Å². The number of carbonyl (C=O) groups excluding carboxylic acids is 4. The van der Waals surface area contributed by atoms with Crippen LogP contribution in [0, 0.1) is 0 Å². The predicted octanol–water partition coefficient (Wildman–Crippen LogP) is -1.16. The number of imide groups is 1. The molecule has 8 nitrogen and oxygen atoms in total. The van der Waals surface area contributed by atoms with Crippen molar-refractivity contribution in [2.75, 3.05) is 39.8 Å². The van der Waals surface area contributed by atoms with Gasteiger partial charge in [-0.05, 0) is 6.92 Å².